The Hall–Kier alpha value is -2.06. The first-order valence-electron chi connectivity index (χ1n) is 5.28. The molecule has 20 heavy (non-hydrogen) atoms. The fraction of sp³-hybridized carbons (Fsp3) is 0.0909. The Labute approximate surface area is 119 Å². The first kappa shape index (κ1) is 14.4. The predicted molar refractivity (Wildman–Crippen MR) is 70.5 cm³/mol. The molecule has 0 amide bonds. The fourth-order valence-corrected chi connectivity index (χ4v) is 2.97. The van der Waals surface area contributed by atoms with Crippen LogP contribution in [0.25, 0.3) is 0 Å². The molecule has 0 saturated carbocycles. The highest BCUT2D eigenvalue weighted by molar-refractivity contribution is 7.92. The molecular weight excluding hydrogens is 308 g/mol. The number of hydrogen-bond donors (Lipinski definition) is 2. The van der Waals surface area contributed by atoms with E-state index in [4.69, 9.17) is 21.1 Å². The van der Waals surface area contributed by atoms with Crippen LogP contribution in [0, 0.1) is 6.92 Å². The fourth-order valence-electron chi connectivity index (χ4n) is 1.50. The van der Waals surface area contributed by atoms with Crippen molar-refractivity contribution in [3.8, 4) is 0 Å². The summed E-state index contributed by atoms with van der Waals surface area (Å²) in [6.45, 7) is 1.35. The number of aromatic carboxylic acids is 1. The molecule has 0 saturated heterocycles. The minimum Gasteiger partial charge on any atom is -0.475 e. The van der Waals surface area contributed by atoms with Crippen LogP contribution in [0.15, 0.2) is 33.7 Å². The van der Waals surface area contributed by atoms with Crippen molar-refractivity contribution in [1.82, 2.24) is 4.98 Å². The lowest BCUT2D eigenvalue weighted by molar-refractivity contribution is 0.0661. The SMILES string of the molecule is Cc1oc(C(=O)O)cc1S(=O)(=O)Nc1cccnc1Cl. The summed E-state index contributed by atoms with van der Waals surface area (Å²) in [6.07, 6.45) is 1.41. The number of anilines is 1. The van der Waals surface area contributed by atoms with Crippen molar-refractivity contribution in [3.63, 3.8) is 0 Å². The highest BCUT2D eigenvalue weighted by Crippen LogP contribution is 2.25. The van der Waals surface area contributed by atoms with Crippen LogP contribution in [0.4, 0.5) is 5.69 Å². The normalized spacial score (nSPS) is 11.3. The zero-order valence-corrected chi connectivity index (χ0v) is 11.7. The molecule has 106 valence electrons. The van der Waals surface area contributed by atoms with Gasteiger partial charge in [0.2, 0.25) is 5.76 Å². The summed E-state index contributed by atoms with van der Waals surface area (Å²) in [6, 6.07) is 3.87. The minimum atomic E-state index is -4.01. The lowest BCUT2D eigenvalue weighted by Gasteiger charge is -2.07. The van der Waals surface area contributed by atoms with E-state index in [1.54, 1.807) is 0 Å². The van der Waals surface area contributed by atoms with Crippen molar-refractivity contribution in [2.75, 3.05) is 4.72 Å². The minimum absolute atomic E-state index is 0.0179. The number of carboxylic acid groups (broad SMARTS) is 1. The van der Waals surface area contributed by atoms with Crippen LogP contribution in [-0.4, -0.2) is 24.5 Å². The van der Waals surface area contributed by atoms with E-state index < -0.39 is 21.8 Å². The molecule has 0 unspecified atom stereocenters. The van der Waals surface area contributed by atoms with Gasteiger partial charge in [0.1, 0.15) is 10.7 Å². The summed E-state index contributed by atoms with van der Waals surface area (Å²) < 4.78 is 31.4. The first-order valence-corrected chi connectivity index (χ1v) is 7.14. The number of aromatic nitrogens is 1. The number of rotatable bonds is 4. The molecule has 9 heteroatoms. The molecule has 2 aromatic heterocycles. The van der Waals surface area contributed by atoms with Crippen molar-refractivity contribution < 1.29 is 22.7 Å². The highest BCUT2D eigenvalue weighted by atomic mass is 35.5. The number of carboxylic acids is 1. The van der Waals surface area contributed by atoms with Gasteiger partial charge in [0.15, 0.2) is 5.15 Å². The largest absolute Gasteiger partial charge is 0.475 e. The smallest absolute Gasteiger partial charge is 0.371 e. The van der Waals surface area contributed by atoms with Crippen molar-refractivity contribution in [1.29, 1.82) is 0 Å². The van der Waals surface area contributed by atoms with Gasteiger partial charge < -0.3 is 9.52 Å². The summed E-state index contributed by atoms with van der Waals surface area (Å²) >= 11 is 5.76. The number of halogens is 1. The first-order chi connectivity index (χ1) is 9.31. The molecule has 2 rings (SSSR count). The zero-order valence-electron chi connectivity index (χ0n) is 10.1. The molecule has 2 heterocycles. The second-order valence-corrected chi connectivity index (χ2v) is 5.79. The van der Waals surface area contributed by atoms with Gasteiger partial charge >= 0.3 is 5.97 Å². The maximum atomic E-state index is 12.2. The average Bonchev–Trinajstić information content (AvgIpc) is 2.75. The molecule has 0 aliphatic carbocycles. The van der Waals surface area contributed by atoms with Crippen LogP contribution in [-0.2, 0) is 10.0 Å². The average molecular weight is 317 g/mol. The van der Waals surface area contributed by atoms with Crippen molar-refractivity contribution >= 4 is 33.3 Å². The molecule has 0 aromatic carbocycles. The Morgan fingerprint density at radius 1 is 1.50 bits per heavy atom. The lowest BCUT2D eigenvalue weighted by Crippen LogP contribution is -2.13. The summed E-state index contributed by atoms with van der Waals surface area (Å²) in [5.41, 5.74) is 0.0895. The molecule has 0 aliphatic heterocycles. The lowest BCUT2D eigenvalue weighted by atomic mass is 10.4. The molecule has 0 aliphatic rings. The van der Waals surface area contributed by atoms with Gasteiger partial charge in [-0.05, 0) is 19.1 Å². The molecule has 7 nitrogen and oxygen atoms in total. The van der Waals surface area contributed by atoms with E-state index in [1.807, 2.05) is 0 Å². The molecular formula is C11H9ClN2O5S. The number of carbonyl (C=O) groups is 1. The van der Waals surface area contributed by atoms with Gasteiger partial charge in [-0.25, -0.2) is 18.2 Å². The third-order valence-corrected chi connectivity index (χ3v) is 4.15. The van der Waals surface area contributed by atoms with E-state index >= 15 is 0 Å². The highest BCUT2D eigenvalue weighted by Gasteiger charge is 2.24. The van der Waals surface area contributed by atoms with E-state index in [0.717, 1.165) is 6.07 Å². The van der Waals surface area contributed by atoms with E-state index in [-0.39, 0.29) is 21.5 Å². The molecule has 0 spiro atoms. The Morgan fingerprint density at radius 2 is 2.20 bits per heavy atom. The Balaban J connectivity index is 2.41. The van der Waals surface area contributed by atoms with Crippen molar-refractivity contribution in [2.24, 2.45) is 0 Å². The van der Waals surface area contributed by atoms with Crippen LogP contribution in [0.3, 0.4) is 0 Å². The number of aryl methyl sites for hydroxylation is 1. The van der Waals surface area contributed by atoms with Crippen LogP contribution >= 0.6 is 11.6 Å². The van der Waals surface area contributed by atoms with Crippen molar-refractivity contribution in [3.05, 3.63) is 41.1 Å². The third kappa shape index (κ3) is 2.75. The van der Waals surface area contributed by atoms with Gasteiger partial charge in [-0.2, -0.15) is 0 Å². The molecule has 0 atom stereocenters. The van der Waals surface area contributed by atoms with Gasteiger partial charge in [-0.1, -0.05) is 11.6 Å². The zero-order chi connectivity index (χ0) is 14.9. The van der Waals surface area contributed by atoms with E-state index in [9.17, 15) is 13.2 Å². The predicted octanol–water partition coefficient (Wildman–Crippen LogP) is 2.14. The maximum absolute atomic E-state index is 12.2. The number of furan rings is 1. The Morgan fingerprint density at radius 3 is 2.75 bits per heavy atom. The van der Waals surface area contributed by atoms with E-state index in [1.165, 1.54) is 25.3 Å². The van der Waals surface area contributed by atoms with Crippen molar-refractivity contribution in [2.45, 2.75) is 11.8 Å². The van der Waals surface area contributed by atoms with Gasteiger partial charge in [-0.3, -0.25) is 4.72 Å². The van der Waals surface area contributed by atoms with Crippen LogP contribution < -0.4 is 4.72 Å². The summed E-state index contributed by atoms with van der Waals surface area (Å²) in [7, 11) is -4.01. The number of nitrogens with zero attached hydrogens (tertiary/aromatic N) is 1. The monoisotopic (exact) mass is 316 g/mol. The number of pyridine rings is 1. The maximum Gasteiger partial charge on any atom is 0.371 e. The van der Waals surface area contributed by atoms with E-state index in [0.29, 0.717) is 0 Å². The van der Waals surface area contributed by atoms with Gasteiger partial charge in [0.05, 0.1) is 5.69 Å². The molecule has 0 bridgehead atoms. The number of hydrogen-bond acceptors (Lipinski definition) is 5. The Bertz CT molecular complexity index is 769. The summed E-state index contributed by atoms with van der Waals surface area (Å²) in [4.78, 5) is 14.2. The Kier molecular flexibility index (Phi) is 3.69. The van der Waals surface area contributed by atoms with Gasteiger partial charge in [-0.15, -0.1) is 0 Å². The molecule has 0 radical (unpaired) electrons. The molecule has 2 N–H and O–H groups in total. The molecule has 2 aromatic rings. The topological polar surface area (TPSA) is 109 Å². The standard InChI is InChI=1S/C11H9ClN2O5S/c1-6-9(5-8(19-6)11(15)16)20(17,18)14-7-3-2-4-13-10(7)12/h2-5,14H,1H3,(H,15,16). The second-order valence-electron chi connectivity index (χ2n) is 3.78. The quantitative estimate of drug-likeness (QED) is 0.836. The van der Waals surface area contributed by atoms with E-state index in [2.05, 4.69) is 9.71 Å². The molecule has 0 fully saturated rings. The number of sulfonamides is 1. The third-order valence-electron chi connectivity index (χ3n) is 2.38. The van der Waals surface area contributed by atoms with Crippen LogP contribution in [0.2, 0.25) is 5.15 Å². The van der Waals surface area contributed by atoms with Crippen LogP contribution in [0.1, 0.15) is 16.3 Å². The van der Waals surface area contributed by atoms with Crippen LogP contribution in [0.5, 0.6) is 0 Å². The second kappa shape index (κ2) is 5.14. The summed E-state index contributed by atoms with van der Waals surface area (Å²) in [5.74, 6) is -1.84. The van der Waals surface area contributed by atoms with Gasteiger partial charge in [0.25, 0.3) is 10.0 Å². The number of nitrogens with one attached hydrogen (secondary N) is 1. The van der Waals surface area contributed by atoms with Gasteiger partial charge in [0, 0.05) is 12.3 Å². The summed E-state index contributed by atoms with van der Waals surface area (Å²) in [5, 5.41) is 8.76.